The fraction of sp³-hybridized carbons (Fsp3) is 0.240. The number of hydrogen-bond donors (Lipinski definition) is 0. The molecule has 1 saturated heterocycles. The minimum absolute atomic E-state index is 0.211. The molecule has 1 atom stereocenters. The molecule has 0 saturated carbocycles. The van der Waals surface area contributed by atoms with Gasteiger partial charge in [0.2, 0.25) is 0 Å². The summed E-state index contributed by atoms with van der Waals surface area (Å²) in [4.78, 5) is 15.0. The predicted molar refractivity (Wildman–Crippen MR) is 111 cm³/mol. The highest BCUT2D eigenvalue weighted by Crippen LogP contribution is 2.32. The van der Waals surface area contributed by atoms with Crippen LogP contribution in [0.1, 0.15) is 41.2 Å². The molecule has 0 amide bonds. The molecule has 0 radical (unpaired) electrons. The van der Waals surface area contributed by atoms with Crippen LogP contribution in [0.15, 0.2) is 84.9 Å². The zero-order chi connectivity index (χ0) is 18.5. The van der Waals surface area contributed by atoms with Gasteiger partial charge in [-0.1, -0.05) is 91.3 Å². The topological polar surface area (TPSA) is 20.3 Å². The van der Waals surface area contributed by atoms with Crippen molar-refractivity contribution in [3.8, 4) is 11.1 Å². The average molecular weight is 355 g/mol. The number of carbonyl (C=O) groups is 1. The zero-order valence-corrected chi connectivity index (χ0v) is 15.6. The van der Waals surface area contributed by atoms with E-state index in [1.807, 2.05) is 36.4 Å². The standard InChI is InChI=1S/C25H25NO/c27-25(23-11-5-2-6-12-23)19-26-18-8-7-13-24(26)22-16-14-21(15-17-22)20-9-3-1-4-10-20/h1-6,9-12,14-17,24H,7-8,13,18-19H2. The van der Waals surface area contributed by atoms with Crippen molar-refractivity contribution in [1.29, 1.82) is 0 Å². The molecule has 0 N–H and O–H groups in total. The van der Waals surface area contributed by atoms with Gasteiger partial charge >= 0.3 is 0 Å². The van der Waals surface area contributed by atoms with Crippen LogP contribution in [0.2, 0.25) is 0 Å². The van der Waals surface area contributed by atoms with Gasteiger partial charge in [-0.25, -0.2) is 0 Å². The van der Waals surface area contributed by atoms with E-state index in [0.717, 1.165) is 18.5 Å². The highest BCUT2D eigenvalue weighted by Gasteiger charge is 2.25. The Bertz CT molecular complexity index is 871. The summed E-state index contributed by atoms with van der Waals surface area (Å²) in [7, 11) is 0. The Morgan fingerprint density at radius 3 is 2.11 bits per heavy atom. The molecule has 0 aliphatic carbocycles. The number of nitrogens with zero attached hydrogens (tertiary/aromatic N) is 1. The monoisotopic (exact) mass is 355 g/mol. The maximum absolute atomic E-state index is 12.7. The third-order valence-corrected chi connectivity index (χ3v) is 5.46. The van der Waals surface area contributed by atoms with Gasteiger partial charge in [-0.15, -0.1) is 0 Å². The normalized spacial score (nSPS) is 17.6. The number of ketones is 1. The van der Waals surface area contributed by atoms with Crippen LogP contribution in [-0.2, 0) is 0 Å². The average Bonchev–Trinajstić information content (AvgIpc) is 2.75. The summed E-state index contributed by atoms with van der Waals surface area (Å²) >= 11 is 0. The molecule has 136 valence electrons. The number of piperidine rings is 1. The third-order valence-electron chi connectivity index (χ3n) is 5.46. The summed E-state index contributed by atoms with van der Waals surface area (Å²) in [5.41, 5.74) is 4.60. The highest BCUT2D eigenvalue weighted by atomic mass is 16.1. The second kappa shape index (κ2) is 8.32. The molecule has 1 aliphatic rings. The first kappa shape index (κ1) is 17.7. The summed E-state index contributed by atoms with van der Waals surface area (Å²) in [6.07, 6.45) is 3.51. The molecule has 2 nitrogen and oxygen atoms in total. The van der Waals surface area contributed by atoms with Crippen LogP contribution in [0.25, 0.3) is 11.1 Å². The fourth-order valence-corrected chi connectivity index (χ4v) is 3.99. The van der Waals surface area contributed by atoms with Gasteiger partial charge in [-0.3, -0.25) is 9.69 Å². The Labute approximate surface area is 161 Å². The van der Waals surface area contributed by atoms with Crippen LogP contribution in [-0.4, -0.2) is 23.8 Å². The summed E-state index contributed by atoms with van der Waals surface area (Å²) in [6, 6.07) is 29.3. The summed E-state index contributed by atoms with van der Waals surface area (Å²) < 4.78 is 0. The SMILES string of the molecule is O=C(CN1CCCCC1c1ccc(-c2ccccc2)cc1)c1ccccc1. The third kappa shape index (κ3) is 4.17. The Morgan fingerprint density at radius 1 is 0.778 bits per heavy atom. The van der Waals surface area contributed by atoms with E-state index in [0.29, 0.717) is 12.6 Å². The lowest BCUT2D eigenvalue weighted by atomic mass is 9.93. The van der Waals surface area contributed by atoms with Crippen molar-refractivity contribution < 1.29 is 4.79 Å². The highest BCUT2D eigenvalue weighted by molar-refractivity contribution is 5.97. The number of rotatable bonds is 5. The van der Waals surface area contributed by atoms with E-state index in [1.54, 1.807) is 0 Å². The van der Waals surface area contributed by atoms with Gasteiger partial charge < -0.3 is 0 Å². The molecular weight excluding hydrogens is 330 g/mol. The van der Waals surface area contributed by atoms with Crippen LogP contribution >= 0.6 is 0 Å². The number of hydrogen-bond acceptors (Lipinski definition) is 2. The second-order valence-electron chi connectivity index (χ2n) is 7.26. The first-order valence-electron chi connectivity index (χ1n) is 9.79. The van der Waals surface area contributed by atoms with Gasteiger partial charge in [0, 0.05) is 11.6 Å². The van der Waals surface area contributed by atoms with E-state index in [9.17, 15) is 4.79 Å². The summed E-state index contributed by atoms with van der Waals surface area (Å²) in [6.45, 7) is 1.48. The molecule has 4 rings (SSSR count). The molecular formula is C25H25NO. The van der Waals surface area contributed by atoms with Crippen LogP contribution in [0, 0.1) is 0 Å². The molecule has 2 heteroatoms. The first-order chi connectivity index (χ1) is 13.3. The lowest BCUT2D eigenvalue weighted by molar-refractivity contribution is 0.0843. The van der Waals surface area contributed by atoms with E-state index in [4.69, 9.17) is 0 Å². The number of carbonyl (C=O) groups excluding carboxylic acids is 1. The minimum Gasteiger partial charge on any atom is -0.293 e. The maximum Gasteiger partial charge on any atom is 0.176 e. The summed E-state index contributed by atoms with van der Waals surface area (Å²) in [5, 5.41) is 0. The van der Waals surface area contributed by atoms with Gasteiger partial charge in [0.15, 0.2) is 5.78 Å². The van der Waals surface area contributed by atoms with Crippen molar-refractivity contribution in [2.75, 3.05) is 13.1 Å². The minimum atomic E-state index is 0.211. The van der Waals surface area contributed by atoms with E-state index in [2.05, 4.69) is 53.4 Å². The van der Waals surface area contributed by atoms with Gasteiger partial charge in [-0.2, -0.15) is 0 Å². The Hall–Kier alpha value is -2.71. The van der Waals surface area contributed by atoms with E-state index >= 15 is 0 Å². The lowest BCUT2D eigenvalue weighted by Gasteiger charge is -2.35. The molecule has 1 unspecified atom stereocenters. The summed E-state index contributed by atoms with van der Waals surface area (Å²) in [5.74, 6) is 0.211. The quantitative estimate of drug-likeness (QED) is 0.542. The second-order valence-corrected chi connectivity index (χ2v) is 7.26. The molecule has 0 spiro atoms. The largest absolute Gasteiger partial charge is 0.293 e. The van der Waals surface area contributed by atoms with Gasteiger partial charge in [0.25, 0.3) is 0 Å². The lowest BCUT2D eigenvalue weighted by Crippen LogP contribution is -2.37. The zero-order valence-electron chi connectivity index (χ0n) is 15.6. The Kier molecular flexibility index (Phi) is 5.45. The van der Waals surface area contributed by atoms with E-state index in [-0.39, 0.29) is 5.78 Å². The van der Waals surface area contributed by atoms with Crippen molar-refractivity contribution in [2.45, 2.75) is 25.3 Å². The van der Waals surface area contributed by atoms with Crippen molar-refractivity contribution in [3.63, 3.8) is 0 Å². The number of Topliss-reactive ketones (excluding diaryl/α,β-unsaturated/α-hetero) is 1. The molecule has 3 aromatic rings. The van der Waals surface area contributed by atoms with Crippen molar-refractivity contribution in [2.24, 2.45) is 0 Å². The van der Waals surface area contributed by atoms with Gasteiger partial charge in [0.1, 0.15) is 0 Å². The van der Waals surface area contributed by atoms with Gasteiger partial charge in [0.05, 0.1) is 6.54 Å². The molecule has 1 aliphatic heterocycles. The van der Waals surface area contributed by atoms with Gasteiger partial charge in [-0.05, 0) is 36.1 Å². The molecule has 27 heavy (non-hydrogen) atoms. The molecule has 1 fully saturated rings. The van der Waals surface area contributed by atoms with Crippen molar-refractivity contribution >= 4 is 5.78 Å². The van der Waals surface area contributed by atoms with Crippen LogP contribution in [0.4, 0.5) is 0 Å². The molecule has 0 aromatic heterocycles. The van der Waals surface area contributed by atoms with Crippen LogP contribution in [0.5, 0.6) is 0 Å². The number of benzene rings is 3. The van der Waals surface area contributed by atoms with Crippen molar-refractivity contribution in [3.05, 3.63) is 96.1 Å². The Balaban J connectivity index is 1.51. The molecule has 1 heterocycles. The first-order valence-corrected chi connectivity index (χ1v) is 9.79. The molecule has 3 aromatic carbocycles. The fourth-order valence-electron chi connectivity index (χ4n) is 3.99. The maximum atomic E-state index is 12.7. The predicted octanol–water partition coefficient (Wildman–Crippen LogP) is 5.76. The van der Waals surface area contributed by atoms with E-state index < -0.39 is 0 Å². The molecule has 0 bridgehead atoms. The number of likely N-dealkylation sites (tertiary alicyclic amines) is 1. The smallest absolute Gasteiger partial charge is 0.176 e. The Morgan fingerprint density at radius 2 is 1.41 bits per heavy atom. The van der Waals surface area contributed by atoms with Crippen LogP contribution in [0.3, 0.4) is 0 Å². The van der Waals surface area contributed by atoms with Crippen LogP contribution < -0.4 is 0 Å². The van der Waals surface area contributed by atoms with E-state index in [1.165, 1.54) is 29.5 Å². The van der Waals surface area contributed by atoms with Crippen molar-refractivity contribution in [1.82, 2.24) is 4.90 Å².